The normalized spacial score (nSPS) is 17.1. The van der Waals surface area contributed by atoms with E-state index in [0.717, 1.165) is 22.3 Å². The number of nitrogens with one attached hydrogen (secondary N) is 1. The maximum atomic E-state index is 12.6. The highest BCUT2D eigenvalue weighted by Crippen LogP contribution is 2.30. The summed E-state index contributed by atoms with van der Waals surface area (Å²) in [5.41, 5.74) is 3.70. The molecule has 1 atom stereocenters. The average Bonchev–Trinajstić information content (AvgIpc) is 3.41. The molecule has 3 aromatic rings. The minimum absolute atomic E-state index is 0.153. The number of alkyl halides is 3. The molecule has 0 saturated carbocycles. The fraction of sp³-hybridized carbons (Fsp3) is 0.304. The summed E-state index contributed by atoms with van der Waals surface area (Å²) in [6.45, 7) is 1.76. The standard InChI is InChI=1S/C23H20F3N5O5/c24-23(25,26)36-19-5-3-14(4-6-19)15-1-2-16-8-29(9-17(16)7-15)12-21(32)27-18-10-30-11-20(31(33)34)28-22(30)35-13-18/h1-7,11,18H,8-10,12-13H2,(H,27,32)/t18-/m0/s1. The van der Waals surface area contributed by atoms with Gasteiger partial charge in [-0.05, 0) is 45.4 Å². The molecule has 0 fully saturated rings. The first-order valence-corrected chi connectivity index (χ1v) is 11.0. The van der Waals surface area contributed by atoms with Crippen molar-refractivity contribution in [1.82, 2.24) is 19.8 Å². The predicted octanol–water partition coefficient (Wildman–Crippen LogP) is 3.25. The van der Waals surface area contributed by atoms with Gasteiger partial charge in [-0.15, -0.1) is 13.2 Å². The molecule has 188 valence electrons. The molecule has 2 aliphatic rings. The summed E-state index contributed by atoms with van der Waals surface area (Å²) < 4.78 is 48.0. The number of hydrogen-bond donors (Lipinski definition) is 1. The Morgan fingerprint density at radius 3 is 2.61 bits per heavy atom. The zero-order valence-corrected chi connectivity index (χ0v) is 18.7. The summed E-state index contributed by atoms with van der Waals surface area (Å²) in [5.74, 6) is -0.790. The van der Waals surface area contributed by atoms with Crippen molar-refractivity contribution in [2.45, 2.75) is 32.0 Å². The van der Waals surface area contributed by atoms with Crippen molar-refractivity contribution in [3.8, 4) is 22.9 Å². The van der Waals surface area contributed by atoms with E-state index in [9.17, 15) is 28.1 Å². The van der Waals surface area contributed by atoms with Crippen LogP contribution in [0, 0.1) is 10.1 Å². The molecule has 3 heterocycles. The van der Waals surface area contributed by atoms with Crippen LogP contribution in [0.1, 0.15) is 11.1 Å². The second-order valence-corrected chi connectivity index (χ2v) is 8.57. The second kappa shape index (κ2) is 9.15. The average molecular weight is 503 g/mol. The molecule has 10 nitrogen and oxygen atoms in total. The Labute approximate surface area is 202 Å². The van der Waals surface area contributed by atoms with E-state index in [0.29, 0.717) is 19.6 Å². The minimum atomic E-state index is -4.74. The van der Waals surface area contributed by atoms with Crippen LogP contribution < -0.4 is 14.8 Å². The molecule has 13 heteroatoms. The van der Waals surface area contributed by atoms with Gasteiger partial charge >= 0.3 is 18.2 Å². The number of aromatic nitrogens is 2. The quantitative estimate of drug-likeness (QED) is 0.406. The summed E-state index contributed by atoms with van der Waals surface area (Å²) in [7, 11) is 0. The van der Waals surface area contributed by atoms with E-state index < -0.39 is 11.3 Å². The lowest BCUT2D eigenvalue weighted by Gasteiger charge is -2.24. The fourth-order valence-corrected chi connectivity index (χ4v) is 4.35. The lowest BCUT2D eigenvalue weighted by molar-refractivity contribution is -0.389. The maximum Gasteiger partial charge on any atom is 0.573 e. The van der Waals surface area contributed by atoms with Crippen molar-refractivity contribution >= 4 is 11.7 Å². The third kappa shape index (κ3) is 5.25. The number of amides is 1. The van der Waals surface area contributed by atoms with Gasteiger partial charge in [0.05, 0.1) is 19.1 Å². The molecule has 5 rings (SSSR count). The highest BCUT2D eigenvalue weighted by Gasteiger charge is 2.31. The van der Waals surface area contributed by atoms with E-state index in [1.807, 2.05) is 23.1 Å². The molecular weight excluding hydrogens is 483 g/mol. The van der Waals surface area contributed by atoms with E-state index in [1.165, 1.54) is 22.9 Å². The van der Waals surface area contributed by atoms with Gasteiger partial charge in [0.25, 0.3) is 0 Å². The third-order valence-electron chi connectivity index (χ3n) is 5.89. The summed E-state index contributed by atoms with van der Waals surface area (Å²) in [6, 6.07) is 11.3. The number of halogens is 3. The van der Waals surface area contributed by atoms with Crippen LogP contribution in [0.5, 0.6) is 11.8 Å². The van der Waals surface area contributed by atoms with Gasteiger partial charge < -0.3 is 24.9 Å². The van der Waals surface area contributed by atoms with Gasteiger partial charge in [-0.2, -0.15) is 0 Å². The molecule has 0 saturated heterocycles. The third-order valence-corrected chi connectivity index (χ3v) is 5.89. The Bertz CT molecular complexity index is 1310. The van der Waals surface area contributed by atoms with Gasteiger partial charge in [-0.1, -0.05) is 24.3 Å². The van der Waals surface area contributed by atoms with E-state index in [1.54, 1.807) is 12.1 Å². The topological polar surface area (TPSA) is 112 Å². The molecule has 0 bridgehead atoms. The zero-order valence-electron chi connectivity index (χ0n) is 18.7. The maximum absolute atomic E-state index is 12.6. The van der Waals surface area contributed by atoms with Gasteiger partial charge in [-0.25, -0.2) is 0 Å². The lowest BCUT2D eigenvalue weighted by Crippen LogP contribution is -2.47. The van der Waals surface area contributed by atoms with Crippen LogP contribution in [0.4, 0.5) is 19.0 Å². The van der Waals surface area contributed by atoms with E-state index >= 15 is 0 Å². The molecule has 1 N–H and O–H groups in total. The molecular formula is C23H20F3N5O5. The predicted molar refractivity (Wildman–Crippen MR) is 119 cm³/mol. The van der Waals surface area contributed by atoms with Crippen LogP contribution in [0.15, 0.2) is 48.7 Å². The van der Waals surface area contributed by atoms with E-state index in [-0.39, 0.29) is 42.7 Å². The number of ether oxygens (including phenoxy) is 2. The smallest absolute Gasteiger partial charge is 0.444 e. The Kier molecular flexibility index (Phi) is 6.00. The number of carbonyl (C=O) groups excluding carboxylic acids is 1. The number of carbonyl (C=O) groups is 1. The van der Waals surface area contributed by atoms with E-state index in [2.05, 4.69) is 15.0 Å². The molecule has 0 spiro atoms. The summed E-state index contributed by atoms with van der Waals surface area (Å²) in [6.07, 6.45) is -3.46. The summed E-state index contributed by atoms with van der Waals surface area (Å²) >= 11 is 0. The summed E-state index contributed by atoms with van der Waals surface area (Å²) in [5, 5.41) is 13.8. The van der Waals surface area contributed by atoms with Crippen molar-refractivity contribution in [2.75, 3.05) is 13.2 Å². The van der Waals surface area contributed by atoms with Gasteiger partial charge in [0.15, 0.2) is 0 Å². The van der Waals surface area contributed by atoms with Crippen LogP contribution in [0.2, 0.25) is 0 Å². The lowest BCUT2D eigenvalue weighted by atomic mass is 10.0. The number of rotatable bonds is 6. The number of nitrogens with zero attached hydrogens (tertiary/aromatic N) is 4. The Morgan fingerprint density at radius 1 is 1.17 bits per heavy atom. The van der Waals surface area contributed by atoms with Crippen LogP contribution in [0.25, 0.3) is 11.1 Å². The van der Waals surface area contributed by atoms with Gasteiger partial charge in [0.2, 0.25) is 5.91 Å². The number of nitro groups is 1. The Hall–Kier alpha value is -4.13. The summed E-state index contributed by atoms with van der Waals surface area (Å²) in [4.78, 5) is 28.7. The largest absolute Gasteiger partial charge is 0.573 e. The molecule has 2 aliphatic heterocycles. The SMILES string of the molecule is O=C(CN1Cc2ccc(-c3ccc(OC(F)(F)F)cc3)cc2C1)N[C@@H]1COc2nc([N+](=O)[O-])cn2C1. The minimum Gasteiger partial charge on any atom is -0.444 e. The van der Waals surface area contributed by atoms with Gasteiger partial charge in [-0.3, -0.25) is 14.3 Å². The number of hydrogen-bond acceptors (Lipinski definition) is 7. The second-order valence-electron chi connectivity index (χ2n) is 8.57. The fourth-order valence-electron chi connectivity index (χ4n) is 4.35. The van der Waals surface area contributed by atoms with Crippen molar-refractivity contribution in [3.05, 3.63) is 69.9 Å². The monoisotopic (exact) mass is 503 g/mol. The van der Waals surface area contributed by atoms with Crippen molar-refractivity contribution in [2.24, 2.45) is 0 Å². The van der Waals surface area contributed by atoms with Gasteiger partial charge in [0.1, 0.15) is 18.6 Å². The zero-order chi connectivity index (χ0) is 25.4. The Balaban J connectivity index is 1.16. The van der Waals surface area contributed by atoms with Crippen molar-refractivity contribution < 1.29 is 32.4 Å². The Morgan fingerprint density at radius 2 is 1.89 bits per heavy atom. The van der Waals surface area contributed by atoms with E-state index in [4.69, 9.17) is 4.74 Å². The van der Waals surface area contributed by atoms with Crippen LogP contribution in [-0.2, 0) is 24.4 Å². The van der Waals surface area contributed by atoms with Gasteiger partial charge in [0, 0.05) is 18.1 Å². The van der Waals surface area contributed by atoms with Crippen molar-refractivity contribution in [1.29, 1.82) is 0 Å². The van der Waals surface area contributed by atoms with Crippen molar-refractivity contribution in [3.63, 3.8) is 0 Å². The molecule has 0 radical (unpaired) electrons. The number of benzene rings is 2. The molecule has 36 heavy (non-hydrogen) atoms. The number of imidazole rings is 1. The molecule has 1 amide bonds. The molecule has 0 aliphatic carbocycles. The first-order valence-electron chi connectivity index (χ1n) is 11.0. The van der Waals surface area contributed by atoms with Crippen LogP contribution in [0.3, 0.4) is 0 Å². The van der Waals surface area contributed by atoms with Crippen LogP contribution in [-0.4, -0.2) is 50.8 Å². The first kappa shape index (κ1) is 23.6. The highest BCUT2D eigenvalue weighted by molar-refractivity contribution is 5.78. The molecule has 1 aromatic heterocycles. The number of fused-ring (bicyclic) bond motifs is 2. The van der Waals surface area contributed by atoms with Crippen LogP contribution >= 0.6 is 0 Å². The highest BCUT2D eigenvalue weighted by atomic mass is 19.4. The molecule has 0 unspecified atom stereocenters. The first-order chi connectivity index (χ1) is 17.1. The molecule has 2 aromatic carbocycles.